The van der Waals surface area contributed by atoms with E-state index in [2.05, 4.69) is 34.3 Å². The molecule has 0 amide bonds. The van der Waals surface area contributed by atoms with Crippen molar-refractivity contribution >= 4 is 0 Å². The molecule has 0 saturated carbocycles. The Hall–Kier alpha value is -1.95. The van der Waals surface area contributed by atoms with Crippen LogP contribution in [0.2, 0.25) is 0 Å². The van der Waals surface area contributed by atoms with E-state index in [1.807, 2.05) is 30.3 Å². The number of aromatic nitrogens is 1. The summed E-state index contributed by atoms with van der Waals surface area (Å²) in [6.45, 7) is 8.42. The summed E-state index contributed by atoms with van der Waals surface area (Å²) in [5.41, 5.74) is 2.18. The smallest absolute Gasteiger partial charge is 0.130 e. The van der Waals surface area contributed by atoms with Gasteiger partial charge in [-0.2, -0.15) is 0 Å². The third-order valence-corrected chi connectivity index (χ3v) is 4.41. The van der Waals surface area contributed by atoms with Crippen molar-refractivity contribution in [2.24, 2.45) is 0 Å². The van der Waals surface area contributed by atoms with Gasteiger partial charge >= 0.3 is 0 Å². The van der Waals surface area contributed by atoms with Crippen LogP contribution in [0.4, 0.5) is 0 Å². The van der Waals surface area contributed by atoms with Gasteiger partial charge in [-0.3, -0.25) is 9.88 Å². The van der Waals surface area contributed by atoms with Gasteiger partial charge in [0.2, 0.25) is 0 Å². The number of likely N-dealkylation sites (N-methyl/N-ethyl adjacent to an activating group) is 1. The molecule has 0 radical (unpaired) electrons. The van der Waals surface area contributed by atoms with Gasteiger partial charge in [0.1, 0.15) is 12.4 Å². The van der Waals surface area contributed by atoms with Crippen molar-refractivity contribution in [3.05, 3.63) is 59.9 Å². The molecule has 1 aromatic carbocycles. The van der Waals surface area contributed by atoms with E-state index in [9.17, 15) is 0 Å². The topological polar surface area (TPSA) is 46.6 Å². The van der Waals surface area contributed by atoms with Crippen molar-refractivity contribution in [3.8, 4) is 5.75 Å². The third kappa shape index (κ3) is 5.81. The predicted octanol–water partition coefficient (Wildman–Crippen LogP) is 2.47. The van der Waals surface area contributed by atoms with Crippen LogP contribution in [0.5, 0.6) is 5.75 Å². The molecule has 25 heavy (non-hydrogen) atoms. The minimum absolute atomic E-state index is 0.287. The van der Waals surface area contributed by atoms with E-state index in [4.69, 9.17) is 9.47 Å². The Labute approximate surface area is 150 Å². The van der Waals surface area contributed by atoms with Gasteiger partial charge in [-0.25, -0.2) is 0 Å². The first kappa shape index (κ1) is 17.9. The molecule has 1 fully saturated rings. The number of pyridine rings is 1. The van der Waals surface area contributed by atoms with Gasteiger partial charge < -0.3 is 14.8 Å². The molecule has 1 atom stereocenters. The van der Waals surface area contributed by atoms with E-state index in [0.29, 0.717) is 6.61 Å². The van der Waals surface area contributed by atoms with E-state index in [1.165, 1.54) is 5.56 Å². The van der Waals surface area contributed by atoms with Crippen molar-refractivity contribution in [2.75, 3.05) is 32.8 Å². The average molecular weight is 341 g/mol. The first-order chi connectivity index (χ1) is 12.3. The fraction of sp³-hybridized carbons (Fsp3) is 0.450. The third-order valence-electron chi connectivity index (χ3n) is 4.41. The van der Waals surface area contributed by atoms with Crippen LogP contribution in [0, 0.1) is 0 Å². The van der Waals surface area contributed by atoms with Crippen LogP contribution in [0.25, 0.3) is 0 Å². The van der Waals surface area contributed by atoms with E-state index in [1.54, 1.807) is 6.20 Å². The zero-order chi connectivity index (χ0) is 17.3. The van der Waals surface area contributed by atoms with E-state index < -0.39 is 0 Å². The molecule has 1 aliphatic heterocycles. The molecule has 3 rings (SSSR count). The maximum atomic E-state index is 5.81. The molecule has 5 heteroatoms. The lowest BCUT2D eigenvalue weighted by Crippen LogP contribution is -2.46. The zero-order valence-corrected chi connectivity index (χ0v) is 14.9. The quantitative estimate of drug-likeness (QED) is 0.799. The molecule has 0 aliphatic carbocycles. The number of rotatable bonds is 8. The highest BCUT2D eigenvalue weighted by atomic mass is 16.5. The van der Waals surface area contributed by atoms with Crippen LogP contribution < -0.4 is 10.1 Å². The zero-order valence-electron chi connectivity index (χ0n) is 14.9. The normalized spacial score (nSPS) is 18.2. The summed E-state index contributed by atoms with van der Waals surface area (Å²) >= 11 is 0. The molecule has 1 N–H and O–H groups in total. The Balaban J connectivity index is 1.39. The predicted molar refractivity (Wildman–Crippen MR) is 98.6 cm³/mol. The largest absolute Gasteiger partial charge is 0.487 e. The molecular weight excluding hydrogens is 314 g/mol. The monoisotopic (exact) mass is 341 g/mol. The van der Waals surface area contributed by atoms with Crippen LogP contribution in [0.15, 0.2) is 48.7 Å². The Bertz CT molecular complexity index is 619. The van der Waals surface area contributed by atoms with Crippen molar-refractivity contribution in [3.63, 3.8) is 0 Å². The molecule has 2 heterocycles. The lowest BCUT2D eigenvalue weighted by atomic mass is 10.2. The molecule has 0 bridgehead atoms. The number of nitrogens with zero attached hydrogens (tertiary/aromatic N) is 2. The van der Waals surface area contributed by atoms with E-state index >= 15 is 0 Å². The number of hydrogen-bond acceptors (Lipinski definition) is 5. The van der Waals surface area contributed by atoms with E-state index in [0.717, 1.165) is 50.8 Å². The van der Waals surface area contributed by atoms with Gasteiger partial charge in [0.15, 0.2) is 0 Å². The maximum absolute atomic E-state index is 5.81. The minimum atomic E-state index is 0.287. The second kappa shape index (κ2) is 9.51. The first-order valence-corrected chi connectivity index (χ1v) is 9.00. The Morgan fingerprint density at radius 2 is 2.12 bits per heavy atom. The molecule has 2 aromatic rings. The van der Waals surface area contributed by atoms with Gasteiger partial charge in [-0.1, -0.05) is 25.1 Å². The number of morpholine rings is 1. The summed E-state index contributed by atoms with van der Waals surface area (Å²) in [4.78, 5) is 6.69. The average Bonchev–Trinajstić information content (AvgIpc) is 2.68. The first-order valence-electron chi connectivity index (χ1n) is 9.00. The highest BCUT2D eigenvalue weighted by Gasteiger charge is 2.18. The number of nitrogens with one attached hydrogen (secondary N) is 1. The highest BCUT2D eigenvalue weighted by Crippen LogP contribution is 2.14. The molecule has 5 nitrogen and oxygen atoms in total. The fourth-order valence-electron chi connectivity index (χ4n) is 2.91. The second-order valence-electron chi connectivity index (χ2n) is 6.27. The molecule has 1 aliphatic rings. The summed E-state index contributed by atoms with van der Waals surface area (Å²) < 4.78 is 11.6. The lowest BCUT2D eigenvalue weighted by Gasteiger charge is -2.32. The Kier molecular flexibility index (Phi) is 6.79. The molecule has 1 aromatic heterocycles. The van der Waals surface area contributed by atoms with Crippen LogP contribution in [-0.2, 0) is 17.9 Å². The van der Waals surface area contributed by atoms with Gasteiger partial charge in [0.05, 0.1) is 18.4 Å². The standard InChI is InChI=1S/C20H27N3O2/c1-2-23-11-12-24-20(15-23)14-21-13-17-6-8-19(9-7-17)25-16-18-5-3-4-10-22-18/h3-10,20-21H,2,11-16H2,1H3/t20-/m1/s1. The lowest BCUT2D eigenvalue weighted by molar-refractivity contribution is -0.0253. The van der Waals surface area contributed by atoms with Crippen molar-refractivity contribution in [2.45, 2.75) is 26.2 Å². The number of hydrogen-bond donors (Lipinski definition) is 1. The van der Waals surface area contributed by atoms with E-state index in [-0.39, 0.29) is 6.10 Å². The van der Waals surface area contributed by atoms with Crippen LogP contribution >= 0.6 is 0 Å². The van der Waals surface area contributed by atoms with Gasteiger partial charge in [0.25, 0.3) is 0 Å². The second-order valence-corrected chi connectivity index (χ2v) is 6.27. The van der Waals surface area contributed by atoms with Crippen molar-refractivity contribution < 1.29 is 9.47 Å². The van der Waals surface area contributed by atoms with Crippen LogP contribution in [-0.4, -0.2) is 48.8 Å². The highest BCUT2D eigenvalue weighted by molar-refractivity contribution is 5.27. The fourth-order valence-corrected chi connectivity index (χ4v) is 2.91. The van der Waals surface area contributed by atoms with Crippen LogP contribution in [0.3, 0.4) is 0 Å². The van der Waals surface area contributed by atoms with Gasteiger partial charge in [0, 0.05) is 32.4 Å². The maximum Gasteiger partial charge on any atom is 0.130 e. The van der Waals surface area contributed by atoms with Crippen molar-refractivity contribution in [1.82, 2.24) is 15.2 Å². The summed E-state index contributed by atoms with van der Waals surface area (Å²) in [6, 6.07) is 14.1. The van der Waals surface area contributed by atoms with Gasteiger partial charge in [-0.05, 0) is 36.4 Å². The minimum Gasteiger partial charge on any atom is -0.487 e. The number of benzene rings is 1. The number of ether oxygens (including phenoxy) is 2. The molecule has 0 spiro atoms. The summed E-state index contributed by atoms with van der Waals surface area (Å²) in [5, 5.41) is 3.49. The summed E-state index contributed by atoms with van der Waals surface area (Å²) in [5.74, 6) is 0.864. The van der Waals surface area contributed by atoms with Crippen molar-refractivity contribution in [1.29, 1.82) is 0 Å². The SMILES string of the molecule is CCN1CCO[C@H](CNCc2ccc(OCc3ccccn3)cc2)C1. The molecule has 134 valence electrons. The molecular formula is C20H27N3O2. The molecule has 0 unspecified atom stereocenters. The molecule has 1 saturated heterocycles. The Morgan fingerprint density at radius 3 is 2.88 bits per heavy atom. The van der Waals surface area contributed by atoms with Crippen LogP contribution in [0.1, 0.15) is 18.2 Å². The Morgan fingerprint density at radius 1 is 1.24 bits per heavy atom. The summed E-state index contributed by atoms with van der Waals surface area (Å²) in [7, 11) is 0. The summed E-state index contributed by atoms with van der Waals surface area (Å²) in [6.07, 6.45) is 2.07. The van der Waals surface area contributed by atoms with Gasteiger partial charge in [-0.15, -0.1) is 0 Å².